The highest BCUT2D eigenvalue weighted by atomic mass is 16.5. The van der Waals surface area contributed by atoms with Gasteiger partial charge < -0.3 is 15.2 Å². The number of carboxylic acid groups (broad SMARTS) is 1. The smallest absolute Gasteiger partial charge is 0.325 e. The van der Waals surface area contributed by atoms with Crippen LogP contribution in [-0.4, -0.2) is 53.3 Å². The van der Waals surface area contributed by atoms with E-state index in [-0.39, 0.29) is 6.10 Å². The van der Waals surface area contributed by atoms with Gasteiger partial charge in [0, 0.05) is 31.9 Å². The first-order valence-electron chi connectivity index (χ1n) is 12.0. The summed E-state index contributed by atoms with van der Waals surface area (Å²) in [6, 6.07) is 9.86. The number of hydrogen-bond acceptors (Lipinski definition) is 5. The summed E-state index contributed by atoms with van der Waals surface area (Å²) < 4.78 is 6.01. The number of aryl methyl sites for hydroxylation is 4. The summed E-state index contributed by atoms with van der Waals surface area (Å²) in [5, 5.41) is 13.3. The molecule has 0 aliphatic carbocycles. The minimum absolute atomic E-state index is 0.124. The molecule has 0 spiro atoms. The van der Waals surface area contributed by atoms with Crippen LogP contribution in [0.2, 0.25) is 0 Å². The number of hydrogen-bond donors (Lipinski definition) is 2. The molecule has 4 rings (SSSR count). The van der Waals surface area contributed by atoms with Crippen molar-refractivity contribution in [2.24, 2.45) is 0 Å². The Morgan fingerprint density at radius 2 is 2.12 bits per heavy atom. The van der Waals surface area contributed by atoms with Crippen molar-refractivity contribution in [1.82, 2.24) is 9.88 Å². The van der Waals surface area contributed by atoms with E-state index in [2.05, 4.69) is 30.4 Å². The van der Waals surface area contributed by atoms with Crippen molar-refractivity contribution in [2.75, 3.05) is 31.6 Å². The Kier molecular flexibility index (Phi) is 7.43. The van der Waals surface area contributed by atoms with Crippen molar-refractivity contribution in [1.29, 1.82) is 0 Å². The van der Waals surface area contributed by atoms with E-state index >= 15 is 0 Å². The molecule has 172 valence electrons. The lowest BCUT2D eigenvalue weighted by Gasteiger charge is -2.42. The third-order valence-electron chi connectivity index (χ3n) is 6.58. The molecule has 1 aromatic carbocycles. The molecule has 1 atom stereocenters. The molecule has 1 aromatic heterocycles. The second-order valence-corrected chi connectivity index (χ2v) is 9.04. The van der Waals surface area contributed by atoms with Gasteiger partial charge in [-0.2, -0.15) is 0 Å². The summed E-state index contributed by atoms with van der Waals surface area (Å²) in [7, 11) is 0. The van der Waals surface area contributed by atoms with Gasteiger partial charge in [0.2, 0.25) is 0 Å². The maximum absolute atomic E-state index is 12.0. The number of aliphatic carboxylic acids is 1. The lowest BCUT2D eigenvalue weighted by atomic mass is 9.93. The number of carboxylic acids is 1. The highest BCUT2D eigenvalue weighted by Crippen LogP contribution is 2.30. The molecule has 2 aliphatic rings. The number of nitrogens with zero attached hydrogens (tertiary/aromatic N) is 2. The molecule has 6 heteroatoms. The van der Waals surface area contributed by atoms with E-state index in [4.69, 9.17) is 9.72 Å². The number of carbonyl (C=O) groups is 1. The average molecular weight is 438 g/mol. The molecule has 1 saturated heterocycles. The van der Waals surface area contributed by atoms with Crippen LogP contribution in [0.5, 0.6) is 0 Å². The molecule has 0 amide bonds. The predicted octanol–water partition coefficient (Wildman–Crippen LogP) is 4.16. The van der Waals surface area contributed by atoms with Crippen molar-refractivity contribution in [3.8, 4) is 0 Å². The average Bonchev–Trinajstić information content (AvgIpc) is 2.77. The Bertz CT molecular complexity index is 940. The number of fused-ring (bicyclic) bond motifs is 1. The lowest BCUT2D eigenvalue weighted by molar-refractivity contribution is -0.151. The van der Waals surface area contributed by atoms with Crippen LogP contribution < -0.4 is 5.32 Å². The van der Waals surface area contributed by atoms with Crippen molar-refractivity contribution in [3.05, 3.63) is 58.3 Å². The normalized spacial score (nSPS) is 17.3. The standard InChI is InChI=1S/C26H35N3O3/c1-3-19-15-18(2)9-12-23(19)24(26(30)31)29-16-22(17-29)32-14-5-4-8-21-11-10-20-7-6-13-27-25(20)28-21/h9-12,15,22,24H,3-8,13-14,16-17H2,1-2H3,(H,27,28)(H,30,31)/t24-/m1/s1. The van der Waals surface area contributed by atoms with Gasteiger partial charge in [-0.15, -0.1) is 0 Å². The summed E-state index contributed by atoms with van der Waals surface area (Å²) in [6.07, 6.45) is 6.26. The van der Waals surface area contributed by atoms with Gasteiger partial charge in [-0.3, -0.25) is 9.69 Å². The van der Waals surface area contributed by atoms with Gasteiger partial charge in [0.1, 0.15) is 11.9 Å². The van der Waals surface area contributed by atoms with Crippen LogP contribution in [0.25, 0.3) is 0 Å². The highest BCUT2D eigenvalue weighted by molar-refractivity contribution is 5.76. The maximum atomic E-state index is 12.0. The zero-order valence-electron chi connectivity index (χ0n) is 19.3. The van der Waals surface area contributed by atoms with E-state index < -0.39 is 12.0 Å². The number of pyridine rings is 1. The Morgan fingerprint density at radius 1 is 1.28 bits per heavy atom. The molecule has 0 radical (unpaired) electrons. The third-order valence-corrected chi connectivity index (χ3v) is 6.58. The fraction of sp³-hybridized carbons (Fsp3) is 0.538. The molecular weight excluding hydrogens is 402 g/mol. The van der Waals surface area contributed by atoms with Gasteiger partial charge in [-0.1, -0.05) is 36.8 Å². The van der Waals surface area contributed by atoms with Gasteiger partial charge >= 0.3 is 5.97 Å². The van der Waals surface area contributed by atoms with Gasteiger partial charge in [0.05, 0.1) is 6.10 Å². The van der Waals surface area contributed by atoms with E-state index in [9.17, 15) is 9.90 Å². The lowest BCUT2D eigenvalue weighted by Crippen LogP contribution is -2.55. The van der Waals surface area contributed by atoms with Gasteiger partial charge in [-0.05, 0) is 68.2 Å². The number of anilines is 1. The molecule has 0 saturated carbocycles. The molecule has 2 aliphatic heterocycles. The molecule has 6 nitrogen and oxygen atoms in total. The Morgan fingerprint density at radius 3 is 2.91 bits per heavy atom. The topological polar surface area (TPSA) is 74.7 Å². The zero-order chi connectivity index (χ0) is 22.5. The first kappa shape index (κ1) is 22.7. The number of aromatic nitrogens is 1. The van der Waals surface area contributed by atoms with Crippen LogP contribution in [0.1, 0.15) is 60.2 Å². The van der Waals surface area contributed by atoms with Crippen molar-refractivity contribution >= 4 is 11.8 Å². The van der Waals surface area contributed by atoms with Gasteiger partial charge in [-0.25, -0.2) is 4.98 Å². The van der Waals surface area contributed by atoms with Crippen molar-refractivity contribution in [3.63, 3.8) is 0 Å². The number of likely N-dealkylation sites (tertiary alicyclic amines) is 1. The number of unbranched alkanes of at least 4 members (excludes halogenated alkanes) is 1. The van der Waals surface area contributed by atoms with Crippen molar-refractivity contribution in [2.45, 2.75) is 64.5 Å². The van der Waals surface area contributed by atoms with Crippen LogP contribution in [0.15, 0.2) is 30.3 Å². The van der Waals surface area contributed by atoms with E-state index in [0.717, 1.165) is 61.3 Å². The maximum Gasteiger partial charge on any atom is 0.325 e. The Balaban J connectivity index is 1.20. The predicted molar refractivity (Wildman–Crippen MR) is 126 cm³/mol. The van der Waals surface area contributed by atoms with Gasteiger partial charge in [0.15, 0.2) is 0 Å². The van der Waals surface area contributed by atoms with Crippen LogP contribution in [0, 0.1) is 6.92 Å². The Hall–Kier alpha value is -2.44. The third kappa shape index (κ3) is 5.30. The molecule has 2 N–H and O–H groups in total. The molecule has 3 heterocycles. The first-order valence-corrected chi connectivity index (χ1v) is 12.0. The number of benzene rings is 1. The number of ether oxygens (including phenoxy) is 1. The SMILES string of the molecule is CCc1cc(C)ccc1[C@H](C(=O)O)N1CC(OCCCCc2ccc3c(n2)NCCC3)C1. The summed E-state index contributed by atoms with van der Waals surface area (Å²) in [6.45, 7) is 7.20. The largest absolute Gasteiger partial charge is 0.480 e. The zero-order valence-corrected chi connectivity index (χ0v) is 19.3. The Labute approximate surface area is 191 Å². The first-order chi connectivity index (χ1) is 15.5. The number of rotatable bonds is 10. The molecular formula is C26H35N3O3. The molecule has 0 unspecified atom stereocenters. The second-order valence-electron chi connectivity index (χ2n) is 9.04. The van der Waals surface area contributed by atoms with Crippen LogP contribution in [-0.2, 0) is 28.8 Å². The fourth-order valence-electron chi connectivity index (χ4n) is 4.75. The van der Waals surface area contributed by atoms with E-state index in [1.54, 1.807) is 0 Å². The molecule has 0 bridgehead atoms. The van der Waals surface area contributed by atoms with E-state index in [1.165, 1.54) is 17.5 Å². The monoisotopic (exact) mass is 437 g/mol. The van der Waals surface area contributed by atoms with Crippen LogP contribution in [0.3, 0.4) is 0 Å². The summed E-state index contributed by atoms with van der Waals surface area (Å²) in [5.41, 5.74) is 5.67. The van der Waals surface area contributed by atoms with Crippen LogP contribution >= 0.6 is 0 Å². The second kappa shape index (κ2) is 10.5. The fourth-order valence-corrected chi connectivity index (χ4v) is 4.75. The minimum atomic E-state index is -0.783. The van der Waals surface area contributed by atoms with E-state index in [0.29, 0.717) is 19.7 Å². The minimum Gasteiger partial charge on any atom is -0.480 e. The molecule has 1 fully saturated rings. The summed E-state index contributed by atoms with van der Waals surface area (Å²) in [5.74, 6) is 0.279. The molecule has 2 aromatic rings. The van der Waals surface area contributed by atoms with Gasteiger partial charge in [0.25, 0.3) is 0 Å². The quantitative estimate of drug-likeness (QED) is 0.544. The highest BCUT2D eigenvalue weighted by Gasteiger charge is 2.38. The van der Waals surface area contributed by atoms with Crippen LogP contribution in [0.4, 0.5) is 5.82 Å². The number of nitrogens with one attached hydrogen (secondary N) is 1. The summed E-state index contributed by atoms with van der Waals surface area (Å²) >= 11 is 0. The molecule has 32 heavy (non-hydrogen) atoms. The van der Waals surface area contributed by atoms with Crippen molar-refractivity contribution < 1.29 is 14.6 Å². The van der Waals surface area contributed by atoms with E-state index in [1.807, 2.05) is 24.0 Å². The summed E-state index contributed by atoms with van der Waals surface area (Å²) in [4.78, 5) is 18.8.